The molecular formula is C19H24N2O4. The molecule has 6 nitrogen and oxygen atoms in total. The van der Waals surface area contributed by atoms with E-state index in [1.807, 2.05) is 19.9 Å². The molecule has 0 radical (unpaired) electrons. The van der Waals surface area contributed by atoms with Crippen LogP contribution in [0.1, 0.15) is 32.3 Å². The fourth-order valence-electron chi connectivity index (χ4n) is 2.53. The summed E-state index contributed by atoms with van der Waals surface area (Å²) >= 11 is 0. The third-order valence-corrected chi connectivity index (χ3v) is 3.76. The molecule has 2 rings (SSSR count). The van der Waals surface area contributed by atoms with E-state index in [1.54, 1.807) is 25.3 Å². The van der Waals surface area contributed by atoms with E-state index >= 15 is 0 Å². The molecule has 1 aliphatic heterocycles. The second-order valence-electron chi connectivity index (χ2n) is 6.09. The van der Waals surface area contributed by atoms with Crippen LogP contribution in [0.5, 0.6) is 11.5 Å². The van der Waals surface area contributed by atoms with Crippen molar-refractivity contribution in [1.29, 1.82) is 5.26 Å². The fourth-order valence-corrected chi connectivity index (χ4v) is 2.53. The molecule has 134 valence electrons. The maximum Gasteiger partial charge on any atom is 0.262 e. The number of nitrogens with zero attached hydrogens (tertiary/aromatic N) is 1. The summed E-state index contributed by atoms with van der Waals surface area (Å²) in [6.45, 7) is 4.96. The van der Waals surface area contributed by atoms with Gasteiger partial charge in [0.05, 0.1) is 19.3 Å². The Labute approximate surface area is 148 Å². The summed E-state index contributed by atoms with van der Waals surface area (Å²) in [6, 6.07) is 7.22. The van der Waals surface area contributed by atoms with E-state index in [0.29, 0.717) is 23.6 Å². The average molecular weight is 344 g/mol. The van der Waals surface area contributed by atoms with Gasteiger partial charge in [0.1, 0.15) is 23.1 Å². The average Bonchev–Trinajstić information content (AvgIpc) is 3.11. The first-order valence-electron chi connectivity index (χ1n) is 8.39. The van der Waals surface area contributed by atoms with Crippen molar-refractivity contribution in [1.82, 2.24) is 5.32 Å². The third-order valence-electron chi connectivity index (χ3n) is 3.76. The largest absolute Gasteiger partial charge is 0.497 e. The minimum Gasteiger partial charge on any atom is -0.497 e. The number of carbonyl (C=O) groups excluding carboxylic acids is 1. The van der Waals surface area contributed by atoms with Gasteiger partial charge < -0.3 is 19.5 Å². The zero-order valence-corrected chi connectivity index (χ0v) is 14.9. The lowest BCUT2D eigenvalue weighted by Crippen LogP contribution is -2.32. The van der Waals surface area contributed by atoms with E-state index in [0.717, 1.165) is 19.4 Å². The summed E-state index contributed by atoms with van der Waals surface area (Å²) in [6.07, 6.45) is 3.45. The predicted molar refractivity (Wildman–Crippen MR) is 94.3 cm³/mol. The molecule has 1 N–H and O–H groups in total. The molecule has 0 spiro atoms. The molecule has 1 aliphatic rings. The zero-order valence-electron chi connectivity index (χ0n) is 14.9. The lowest BCUT2D eigenvalue weighted by Gasteiger charge is -2.14. The Bertz CT molecular complexity index is 670. The third kappa shape index (κ3) is 5.50. The van der Waals surface area contributed by atoms with Crippen molar-refractivity contribution in [3.8, 4) is 17.6 Å². The van der Waals surface area contributed by atoms with Crippen LogP contribution in [0.25, 0.3) is 6.08 Å². The molecule has 0 aromatic heterocycles. The Balaban J connectivity index is 2.16. The van der Waals surface area contributed by atoms with Crippen LogP contribution in [0.4, 0.5) is 0 Å². The minimum absolute atomic E-state index is 0.0248. The lowest BCUT2D eigenvalue weighted by atomic mass is 10.1. The van der Waals surface area contributed by atoms with Crippen molar-refractivity contribution >= 4 is 12.0 Å². The van der Waals surface area contributed by atoms with Gasteiger partial charge in [-0.25, -0.2) is 0 Å². The Hall–Kier alpha value is -2.52. The van der Waals surface area contributed by atoms with Gasteiger partial charge in [0, 0.05) is 24.8 Å². The minimum atomic E-state index is -0.413. The molecule has 0 bridgehead atoms. The SMILES string of the molecule is COc1ccc(C=C(C#N)C(=O)NCC2CCCO2)c(OC(C)C)c1. The quantitative estimate of drug-likeness (QED) is 0.607. The van der Waals surface area contributed by atoms with Gasteiger partial charge in [0.15, 0.2) is 0 Å². The molecule has 1 atom stereocenters. The maximum absolute atomic E-state index is 12.3. The topological polar surface area (TPSA) is 80.6 Å². The summed E-state index contributed by atoms with van der Waals surface area (Å²) in [4.78, 5) is 12.3. The van der Waals surface area contributed by atoms with E-state index in [2.05, 4.69) is 5.32 Å². The van der Waals surface area contributed by atoms with E-state index in [4.69, 9.17) is 14.2 Å². The number of nitrogens with one attached hydrogen (secondary N) is 1. The van der Waals surface area contributed by atoms with Crippen LogP contribution in [-0.4, -0.2) is 38.4 Å². The first-order chi connectivity index (χ1) is 12.0. The fraction of sp³-hybridized carbons (Fsp3) is 0.474. The van der Waals surface area contributed by atoms with Crippen molar-refractivity contribution in [3.05, 3.63) is 29.3 Å². The number of amides is 1. The molecule has 1 unspecified atom stereocenters. The van der Waals surface area contributed by atoms with Crippen molar-refractivity contribution < 1.29 is 19.0 Å². The number of hydrogen-bond donors (Lipinski definition) is 1. The highest BCUT2D eigenvalue weighted by Crippen LogP contribution is 2.27. The number of methoxy groups -OCH3 is 1. The van der Waals surface area contributed by atoms with Gasteiger partial charge in [-0.15, -0.1) is 0 Å². The zero-order chi connectivity index (χ0) is 18.2. The number of rotatable bonds is 7. The Morgan fingerprint density at radius 3 is 2.92 bits per heavy atom. The molecule has 1 aromatic rings. The first-order valence-corrected chi connectivity index (χ1v) is 8.39. The predicted octanol–water partition coefficient (Wildman–Crippen LogP) is 2.68. The number of ether oxygens (including phenoxy) is 3. The van der Waals surface area contributed by atoms with Crippen molar-refractivity contribution in [2.75, 3.05) is 20.3 Å². The normalized spacial score (nSPS) is 17.2. The van der Waals surface area contributed by atoms with E-state index in [9.17, 15) is 10.1 Å². The van der Waals surface area contributed by atoms with E-state index in [1.165, 1.54) is 6.08 Å². The Morgan fingerprint density at radius 1 is 1.52 bits per heavy atom. The highest BCUT2D eigenvalue weighted by Gasteiger charge is 2.18. The summed E-state index contributed by atoms with van der Waals surface area (Å²) in [5.41, 5.74) is 0.676. The monoisotopic (exact) mass is 344 g/mol. The van der Waals surface area contributed by atoms with Gasteiger partial charge in [-0.1, -0.05) is 0 Å². The van der Waals surface area contributed by atoms with E-state index in [-0.39, 0.29) is 17.8 Å². The van der Waals surface area contributed by atoms with Crippen molar-refractivity contribution in [2.24, 2.45) is 0 Å². The van der Waals surface area contributed by atoms with Crippen LogP contribution in [0.2, 0.25) is 0 Å². The van der Waals surface area contributed by atoms with Crippen LogP contribution in [0.15, 0.2) is 23.8 Å². The second kappa shape index (κ2) is 9.09. The van der Waals surface area contributed by atoms with Gasteiger partial charge in [0.2, 0.25) is 0 Å². The number of benzene rings is 1. The molecule has 1 saturated heterocycles. The van der Waals surface area contributed by atoms with Crippen LogP contribution >= 0.6 is 0 Å². The molecule has 1 amide bonds. The van der Waals surface area contributed by atoms with E-state index < -0.39 is 5.91 Å². The molecule has 0 aliphatic carbocycles. The lowest BCUT2D eigenvalue weighted by molar-refractivity contribution is -0.117. The second-order valence-corrected chi connectivity index (χ2v) is 6.09. The molecule has 1 heterocycles. The standard InChI is InChI=1S/C19H24N2O4/c1-13(2)25-18-10-16(23-3)7-6-14(18)9-15(11-20)19(22)21-12-17-5-4-8-24-17/h6-7,9-10,13,17H,4-5,8,12H2,1-3H3,(H,21,22). The smallest absolute Gasteiger partial charge is 0.262 e. The van der Waals surface area contributed by atoms with Gasteiger partial charge >= 0.3 is 0 Å². The van der Waals surface area contributed by atoms with Crippen LogP contribution in [0, 0.1) is 11.3 Å². The molecule has 0 saturated carbocycles. The van der Waals surface area contributed by atoms with Crippen LogP contribution in [-0.2, 0) is 9.53 Å². The van der Waals surface area contributed by atoms with Crippen LogP contribution < -0.4 is 14.8 Å². The highest BCUT2D eigenvalue weighted by molar-refractivity contribution is 6.02. The van der Waals surface area contributed by atoms with Crippen LogP contribution in [0.3, 0.4) is 0 Å². The van der Waals surface area contributed by atoms with Gasteiger partial charge in [-0.2, -0.15) is 5.26 Å². The van der Waals surface area contributed by atoms with Crippen molar-refractivity contribution in [2.45, 2.75) is 38.9 Å². The number of carbonyl (C=O) groups is 1. The number of nitriles is 1. The molecular weight excluding hydrogens is 320 g/mol. The molecule has 1 aromatic carbocycles. The first kappa shape index (κ1) is 18.8. The van der Waals surface area contributed by atoms with Gasteiger partial charge in [-0.3, -0.25) is 4.79 Å². The maximum atomic E-state index is 12.3. The van der Waals surface area contributed by atoms with Gasteiger partial charge in [0.25, 0.3) is 5.91 Å². The Morgan fingerprint density at radius 2 is 2.32 bits per heavy atom. The number of hydrogen-bond acceptors (Lipinski definition) is 5. The summed E-state index contributed by atoms with van der Waals surface area (Å²) in [7, 11) is 1.57. The summed E-state index contributed by atoms with van der Waals surface area (Å²) in [5.74, 6) is 0.799. The van der Waals surface area contributed by atoms with Crippen molar-refractivity contribution in [3.63, 3.8) is 0 Å². The summed E-state index contributed by atoms with van der Waals surface area (Å²) < 4.78 is 16.4. The Kier molecular flexibility index (Phi) is 6.84. The molecule has 25 heavy (non-hydrogen) atoms. The summed E-state index contributed by atoms with van der Waals surface area (Å²) in [5, 5.41) is 12.1. The highest BCUT2D eigenvalue weighted by atomic mass is 16.5. The molecule has 6 heteroatoms. The van der Waals surface area contributed by atoms with Gasteiger partial charge in [-0.05, 0) is 44.9 Å². The molecule has 1 fully saturated rings.